The van der Waals surface area contributed by atoms with Gasteiger partial charge in [-0.3, -0.25) is 0 Å². The van der Waals surface area contributed by atoms with Crippen LogP contribution in [0.25, 0.3) is 22.8 Å². The summed E-state index contributed by atoms with van der Waals surface area (Å²) in [5.41, 5.74) is 4.45. The zero-order chi connectivity index (χ0) is 12.8. The molecule has 2 aromatic heterocycles. The molecule has 2 heterocycles. The highest BCUT2D eigenvalue weighted by Crippen LogP contribution is 2.33. The fourth-order valence-electron chi connectivity index (χ4n) is 2.59. The van der Waals surface area contributed by atoms with Crippen molar-refractivity contribution in [3.05, 3.63) is 48.0 Å². The van der Waals surface area contributed by atoms with E-state index in [4.69, 9.17) is 0 Å². The standard InChI is InChI=1S/C14H12N4O/c19-18-11-7-6-10-12(16-8-15-10)13(11)17-14(18)9-4-2-1-3-5-9/h1-5,8,19H,6-7H2,(H,15,16). The van der Waals surface area contributed by atoms with E-state index in [1.807, 2.05) is 30.3 Å². The van der Waals surface area contributed by atoms with Crippen LogP contribution in [-0.2, 0) is 12.8 Å². The van der Waals surface area contributed by atoms with Crippen LogP contribution in [0, 0.1) is 0 Å². The van der Waals surface area contributed by atoms with Gasteiger partial charge in [-0.25, -0.2) is 9.97 Å². The van der Waals surface area contributed by atoms with Crippen LogP contribution in [0.2, 0.25) is 0 Å². The smallest absolute Gasteiger partial charge is 0.176 e. The van der Waals surface area contributed by atoms with E-state index in [9.17, 15) is 5.21 Å². The molecule has 0 unspecified atom stereocenters. The third-order valence-electron chi connectivity index (χ3n) is 3.53. The summed E-state index contributed by atoms with van der Waals surface area (Å²) in [5, 5.41) is 10.3. The van der Waals surface area contributed by atoms with Crippen molar-refractivity contribution in [3.63, 3.8) is 0 Å². The summed E-state index contributed by atoms with van der Waals surface area (Å²) >= 11 is 0. The maximum atomic E-state index is 10.3. The SMILES string of the molecule is On1c(-c2ccccc2)nc2c1CCc1[nH]cnc1-2. The van der Waals surface area contributed by atoms with Crippen LogP contribution >= 0.6 is 0 Å². The van der Waals surface area contributed by atoms with Gasteiger partial charge in [0, 0.05) is 11.3 Å². The van der Waals surface area contributed by atoms with Gasteiger partial charge in [-0.15, -0.1) is 0 Å². The van der Waals surface area contributed by atoms with Crippen LogP contribution in [0.5, 0.6) is 0 Å². The molecule has 1 aromatic carbocycles. The second-order valence-corrected chi connectivity index (χ2v) is 4.64. The Bertz CT molecular complexity index is 742. The zero-order valence-corrected chi connectivity index (χ0v) is 10.2. The lowest BCUT2D eigenvalue weighted by Crippen LogP contribution is -2.07. The summed E-state index contributed by atoms with van der Waals surface area (Å²) in [6.07, 6.45) is 3.29. The predicted molar refractivity (Wildman–Crippen MR) is 69.8 cm³/mol. The van der Waals surface area contributed by atoms with E-state index >= 15 is 0 Å². The highest BCUT2D eigenvalue weighted by molar-refractivity contribution is 5.68. The van der Waals surface area contributed by atoms with Crippen LogP contribution in [0.15, 0.2) is 36.7 Å². The number of rotatable bonds is 1. The largest absolute Gasteiger partial charge is 0.427 e. The van der Waals surface area contributed by atoms with E-state index in [0.717, 1.165) is 41.2 Å². The van der Waals surface area contributed by atoms with E-state index in [2.05, 4.69) is 15.0 Å². The molecule has 2 N–H and O–H groups in total. The lowest BCUT2D eigenvalue weighted by Gasteiger charge is -2.10. The van der Waals surface area contributed by atoms with Crippen molar-refractivity contribution in [2.75, 3.05) is 0 Å². The molecule has 5 nitrogen and oxygen atoms in total. The van der Waals surface area contributed by atoms with Crippen LogP contribution in [0.3, 0.4) is 0 Å². The minimum atomic E-state index is 0.571. The first kappa shape index (κ1) is 10.4. The highest BCUT2D eigenvalue weighted by atomic mass is 16.5. The van der Waals surface area contributed by atoms with Gasteiger partial charge in [0.05, 0.1) is 12.0 Å². The summed E-state index contributed by atoms with van der Waals surface area (Å²) in [5.74, 6) is 0.571. The van der Waals surface area contributed by atoms with Crippen LogP contribution in [0.4, 0.5) is 0 Å². The number of hydrogen-bond donors (Lipinski definition) is 2. The van der Waals surface area contributed by atoms with Crippen LogP contribution in [-0.4, -0.2) is 24.9 Å². The molecule has 0 amide bonds. The molecular weight excluding hydrogens is 240 g/mol. The molecule has 19 heavy (non-hydrogen) atoms. The van der Waals surface area contributed by atoms with Crippen molar-refractivity contribution in [2.45, 2.75) is 12.8 Å². The molecule has 0 saturated carbocycles. The summed E-state index contributed by atoms with van der Waals surface area (Å²) in [4.78, 5) is 12.0. The fourth-order valence-corrected chi connectivity index (χ4v) is 2.59. The summed E-state index contributed by atoms with van der Waals surface area (Å²) in [6, 6.07) is 9.68. The normalized spacial score (nSPS) is 13.1. The molecule has 4 rings (SSSR count). The van der Waals surface area contributed by atoms with E-state index in [1.165, 1.54) is 4.73 Å². The third kappa shape index (κ3) is 1.41. The van der Waals surface area contributed by atoms with Gasteiger partial charge in [-0.1, -0.05) is 30.3 Å². The lowest BCUT2D eigenvalue weighted by molar-refractivity contribution is 0.181. The van der Waals surface area contributed by atoms with Gasteiger partial charge in [0.1, 0.15) is 11.4 Å². The molecular formula is C14H12N4O. The average Bonchev–Trinajstić information content (AvgIpc) is 3.04. The van der Waals surface area contributed by atoms with E-state index in [-0.39, 0.29) is 0 Å². The molecule has 0 bridgehead atoms. The first-order valence-electron chi connectivity index (χ1n) is 6.23. The molecule has 1 aliphatic carbocycles. The van der Waals surface area contributed by atoms with Crippen molar-refractivity contribution in [2.24, 2.45) is 0 Å². The topological polar surface area (TPSA) is 66.7 Å². The van der Waals surface area contributed by atoms with Gasteiger partial charge in [0.25, 0.3) is 0 Å². The Balaban J connectivity index is 1.94. The van der Waals surface area contributed by atoms with Gasteiger partial charge in [0.15, 0.2) is 5.82 Å². The fraction of sp³-hybridized carbons (Fsp3) is 0.143. The van der Waals surface area contributed by atoms with Gasteiger partial charge in [0.2, 0.25) is 0 Å². The maximum Gasteiger partial charge on any atom is 0.176 e. The number of aromatic amines is 1. The number of hydrogen-bond acceptors (Lipinski definition) is 3. The van der Waals surface area contributed by atoms with Gasteiger partial charge in [-0.05, 0) is 12.8 Å². The molecule has 0 fully saturated rings. The molecule has 0 atom stereocenters. The zero-order valence-electron chi connectivity index (χ0n) is 10.2. The molecule has 1 aliphatic rings. The van der Waals surface area contributed by atoms with Gasteiger partial charge in [-0.2, -0.15) is 4.73 Å². The Morgan fingerprint density at radius 3 is 2.79 bits per heavy atom. The Kier molecular flexibility index (Phi) is 2.03. The molecule has 94 valence electrons. The lowest BCUT2D eigenvalue weighted by atomic mass is 10.0. The number of nitrogens with zero attached hydrogens (tertiary/aromatic N) is 3. The number of H-pyrrole nitrogens is 1. The predicted octanol–water partition coefficient (Wildman–Crippen LogP) is 2.28. The van der Waals surface area contributed by atoms with Crippen molar-refractivity contribution in [1.82, 2.24) is 19.7 Å². The summed E-state index contributed by atoms with van der Waals surface area (Å²) in [7, 11) is 0. The van der Waals surface area contributed by atoms with Gasteiger partial charge < -0.3 is 10.2 Å². The number of aromatic nitrogens is 4. The van der Waals surface area contributed by atoms with Crippen molar-refractivity contribution < 1.29 is 5.21 Å². The Morgan fingerprint density at radius 1 is 1.11 bits per heavy atom. The van der Waals surface area contributed by atoms with Crippen molar-refractivity contribution >= 4 is 0 Å². The molecule has 5 heteroatoms. The number of aryl methyl sites for hydroxylation is 1. The number of imidazole rings is 2. The number of fused-ring (bicyclic) bond motifs is 3. The number of benzene rings is 1. The van der Waals surface area contributed by atoms with E-state index in [0.29, 0.717) is 5.82 Å². The van der Waals surface area contributed by atoms with Crippen LogP contribution in [0.1, 0.15) is 11.4 Å². The summed E-state index contributed by atoms with van der Waals surface area (Å²) in [6.45, 7) is 0. The molecule has 0 radical (unpaired) electrons. The summed E-state index contributed by atoms with van der Waals surface area (Å²) < 4.78 is 1.20. The minimum absolute atomic E-state index is 0.571. The first-order chi connectivity index (χ1) is 9.34. The average molecular weight is 252 g/mol. The second-order valence-electron chi connectivity index (χ2n) is 4.64. The van der Waals surface area contributed by atoms with E-state index in [1.54, 1.807) is 6.33 Å². The Labute approximate surface area is 109 Å². The number of nitrogens with one attached hydrogen (secondary N) is 1. The maximum absolute atomic E-state index is 10.3. The van der Waals surface area contributed by atoms with Crippen molar-refractivity contribution in [1.29, 1.82) is 0 Å². The highest BCUT2D eigenvalue weighted by Gasteiger charge is 2.26. The monoisotopic (exact) mass is 252 g/mol. The first-order valence-corrected chi connectivity index (χ1v) is 6.23. The molecule has 0 saturated heterocycles. The Hall–Kier alpha value is -2.56. The Morgan fingerprint density at radius 2 is 1.95 bits per heavy atom. The van der Waals surface area contributed by atoms with Crippen molar-refractivity contribution in [3.8, 4) is 22.8 Å². The molecule has 3 aromatic rings. The quantitative estimate of drug-likeness (QED) is 0.653. The van der Waals surface area contributed by atoms with Crippen LogP contribution < -0.4 is 0 Å². The van der Waals surface area contributed by atoms with E-state index < -0.39 is 0 Å². The minimum Gasteiger partial charge on any atom is -0.427 e. The van der Waals surface area contributed by atoms with Gasteiger partial charge >= 0.3 is 0 Å². The molecule has 0 aliphatic heterocycles. The second kappa shape index (κ2) is 3.71. The third-order valence-corrected chi connectivity index (χ3v) is 3.53. The molecule has 0 spiro atoms.